The molecule has 0 radical (unpaired) electrons. The van der Waals surface area contributed by atoms with E-state index in [2.05, 4.69) is 11.1 Å². The third-order valence-electron chi connectivity index (χ3n) is 4.65. The second-order valence-corrected chi connectivity index (χ2v) is 6.51. The van der Waals surface area contributed by atoms with Crippen LogP contribution in [0.4, 0.5) is 0 Å². The monoisotopic (exact) mass is 378 g/mol. The molecule has 1 aliphatic rings. The minimum absolute atomic E-state index is 0.146. The Labute approximate surface area is 164 Å². The van der Waals surface area contributed by atoms with Gasteiger partial charge in [0, 0.05) is 0 Å². The van der Waals surface area contributed by atoms with Gasteiger partial charge in [0.05, 0.1) is 37.1 Å². The molecule has 1 heterocycles. The standard InChI is InChI=1S/C22H22N2O4/c1-26-20-11-10-18(24-21(20)28-19-8-3-4-9-19)13-17(14-23)15-6-5-7-16(12-15)22(25)27-2/h5-7,10-13,19H,3-4,8-9H2,1-2H3/b17-13+. The van der Waals surface area contributed by atoms with E-state index in [1.165, 1.54) is 7.11 Å². The molecular weight excluding hydrogens is 356 g/mol. The number of carbonyl (C=O) groups excluding carboxylic acids is 1. The van der Waals surface area contributed by atoms with Gasteiger partial charge in [-0.3, -0.25) is 0 Å². The van der Waals surface area contributed by atoms with Crippen LogP contribution in [0.1, 0.15) is 47.3 Å². The third-order valence-corrected chi connectivity index (χ3v) is 4.65. The molecule has 0 atom stereocenters. The maximum atomic E-state index is 11.7. The average Bonchev–Trinajstić information content (AvgIpc) is 3.24. The van der Waals surface area contributed by atoms with E-state index >= 15 is 0 Å². The van der Waals surface area contributed by atoms with Crippen LogP contribution in [0.15, 0.2) is 36.4 Å². The van der Waals surface area contributed by atoms with Crippen molar-refractivity contribution in [2.45, 2.75) is 31.8 Å². The van der Waals surface area contributed by atoms with Crippen molar-refractivity contribution < 1.29 is 19.0 Å². The van der Waals surface area contributed by atoms with Crippen molar-refractivity contribution in [3.8, 4) is 17.7 Å². The summed E-state index contributed by atoms with van der Waals surface area (Å²) < 4.78 is 16.1. The van der Waals surface area contributed by atoms with Gasteiger partial charge >= 0.3 is 5.97 Å². The van der Waals surface area contributed by atoms with Gasteiger partial charge in [-0.25, -0.2) is 9.78 Å². The Balaban J connectivity index is 1.92. The molecule has 28 heavy (non-hydrogen) atoms. The van der Waals surface area contributed by atoms with E-state index < -0.39 is 5.97 Å². The number of methoxy groups -OCH3 is 2. The zero-order valence-electron chi connectivity index (χ0n) is 16.0. The van der Waals surface area contributed by atoms with E-state index in [0.717, 1.165) is 25.7 Å². The Morgan fingerprint density at radius 3 is 2.61 bits per heavy atom. The highest BCUT2D eigenvalue weighted by molar-refractivity contribution is 5.94. The summed E-state index contributed by atoms with van der Waals surface area (Å²) >= 11 is 0. The maximum absolute atomic E-state index is 11.7. The van der Waals surface area contributed by atoms with E-state index in [-0.39, 0.29) is 6.10 Å². The van der Waals surface area contributed by atoms with Crippen molar-refractivity contribution in [3.63, 3.8) is 0 Å². The summed E-state index contributed by atoms with van der Waals surface area (Å²) in [6.45, 7) is 0. The fourth-order valence-electron chi connectivity index (χ4n) is 3.19. The molecule has 3 rings (SSSR count). The smallest absolute Gasteiger partial charge is 0.337 e. The van der Waals surface area contributed by atoms with Crippen LogP contribution in [0.3, 0.4) is 0 Å². The van der Waals surface area contributed by atoms with Crippen LogP contribution >= 0.6 is 0 Å². The second kappa shape index (κ2) is 9.05. The molecule has 0 aliphatic heterocycles. The summed E-state index contributed by atoms with van der Waals surface area (Å²) in [5.74, 6) is 0.549. The van der Waals surface area contributed by atoms with Crippen molar-refractivity contribution in [2.24, 2.45) is 0 Å². The van der Waals surface area contributed by atoms with Crippen LogP contribution in [-0.2, 0) is 4.74 Å². The summed E-state index contributed by atoms with van der Waals surface area (Å²) in [7, 11) is 2.90. The Morgan fingerprint density at radius 1 is 1.18 bits per heavy atom. The first-order valence-electron chi connectivity index (χ1n) is 9.17. The second-order valence-electron chi connectivity index (χ2n) is 6.51. The lowest BCUT2D eigenvalue weighted by Crippen LogP contribution is -2.12. The minimum Gasteiger partial charge on any atom is -0.491 e. The number of allylic oxidation sites excluding steroid dienone is 1. The Hall–Kier alpha value is -3.33. The molecular formula is C22H22N2O4. The SMILES string of the molecule is COC(=O)c1cccc(/C(C#N)=C/c2ccc(OC)c(OC3CCCC3)n2)c1. The molecule has 0 amide bonds. The van der Waals surface area contributed by atoms with Crippen molar-refractivity contribution in [1.29, 1.82) is 5.26 Å². The highest BCUT2D eigenvalue weighted by Crippen LogP contribution is 2.31. The molecule has 0 spiro atoms. The first kappa shape index (κ1) is 19.4. The molecule has 1 fully saturated rings. The van der Waals surface area contributed by atoms with Gasteiger partial charge in [0.1, 0.15) is 6.10 Å². The Bertz CT molecular complexity index is 924. The van der Waals surface area contributed by atoms with Crippen molar-refractivity contribution >= 4 is 17.6 Å². The quantitative estimate of drug-likeness (QED) is 0.552. The van der Waals surface area contributed by atoms with Crippen molar-refractivity contribution in [1.82, 2.24) is 4.98 Å². The van der Waals surface area contributed by atoms with E-state index in [1.807, 2.05) is 0 Å². The number of benzene rings is 1. The van der Waals surface area contributed by atoms with Crippen LogP contribution in [0.2, 0.25) is 0 Å². The number of hydrogen-bond donors (Lipinski definition) is 0. The number of nitrogens with zero attached hydrogens (tertiary/aromatic N) is 2. The van der Waals surface area contributed by atoms with Gasteiger partial charge in [-0.15, -0.1) is 0 Å². The molecule has 1 aromatic heterocycles. The van der Waals surface area contributed by atoms with Gasteiger partial charge in [0.2, 0.25) is 0 Å². The molecule has 6 heteroatoms. The summed E-state index contributed by atoms with van der Waals surface area (Å²) in [4.78, 5) is 16.3. The number of hydrogen-bond acceptors (Lipinski definition) is 6. The number of nitriles is 1. The van der Waals surface area contributed by atoms with Gasteiger partial charge in [-0.2, -0.15) is 5.26 Å². The van der Waals surface area contributed by atoms with Crippen LogP contribution in [0.25, 0.3) is 11.6 Å². The van der Waals surface area contributed by atoms with Gasteiger partial charge < -0.3 is 14.2 Å². The van der Waals surface area contributed by atoms with Gasteiger partial charge in [0.25, 0.3) is 5.88 Å². The van der Waals surface area contributed by atoms with Crippen LogP contribution < -0.4 is 9.47 Å². The average molecular weight is 378 g/mol. The molecule has 6 nitrogen and oxygen atoms in total. The first-order valence-corrected chi connectivity index (χ1v) is 9.17. The fraction of sp³-hybridized carbons (Fsp3) is 0.318. The lowest BCUT2D eigenvalue weighted by molar-refractivity contribution is 0.0600. The Morgan fingerprint density at radius 2 is 1.93 bits per heavy atom. The summed E-state index contributed by atoms with van der Waals surface area (Å²) in [5, 5.41) is 9.61. The Kier molecular flexibility index (Phi) is 6.28. The molecule has 1 aromatic carbocycles. The molecule has 0 unspecified atom stereocenters. The molecule has 0 saturated heterocycles. The predicted molar refractivity (Wildman–Crippen MR) is 105 cm³/mol. The van der Waals surface area contributed by atoms with E-state index in [1.54, 1.807) is 49.6 Å². The van der Waals surface area contributed by atoms with E-state index in [0.29, 0.717) is 34.0 Å². The zero-order chi connectivity index (χ0) is 19.9. The fourth-order valence-corrected chi connectivity index (χ4v) is 3.19. The molecule has 1 saturated carbocycles. The summed E-state index contributed by atoms with van der Waals surface area (Å²) in [5.41, 5.74) is 1.96. The number of aromatic nitrogens is 1. The van der Waals surface area contributed by atoms with Gasteiger partial charge in [0.15, 0.2) is 5.75 Å². The minimum atomic E-state index is -0.450. The molecule has 0 bridgehead atoms. The topological polar surface area (TPSA) is 81.4 Å². The number of rotatable bonds is 6. The number of ether oxygens (including phenoxy) is 3. The lowest BCUT2D eigenvalue weighted by Gasteiger charge is -2.15. The number of pyridine rings is 1. The maximum Gasteiger partial charge on any atom is 0.337 e. The lowest BCUT2D eigenvalue weighted by atomic mass is 10.0. The van der Waals surface area contributed by atoms with Gasteiger partial charge in [-0.05, 0) is 61.6 Å². The van der Waals surface area contributed by atoms with Crippen LogP contribution in [0.5, 0.6) is 11.6 Å². The van der Waals surface area contributed by atoms with Crippen LogP contribution in [-0.4, -0.2) is 31.3 Å². The van der Waals surface area contributed by atoms with Crippen molar-refractivity contribution in [2.75, 3.05) is 14.2 Å². The van der Waals surface area contributed by atoms with Gasteiger partial charge in [-0.1, -0.05) is 12.1 Å². The normalized spacial score (nSPS) is 14.4. The van der Waals surface area contributed by atoms with Crippen LogP contribution in [0, 0.1) is 11.3 Å². The third kappa shape index (κ3) is 4.49. The largest absolute Gasteiger partial charge is 0.491 e. The summed E-state index contributed by atoms with van der Waals surface area (Å²) in [6, 6.07) is 12.5. The zero-order valence-corrected chi connectivity index (χ0v) is 16.0. The highest BCUT2D eigenvalue weighted by Gasteiger charge is 2.19. The van der Waals surface area contributed by atoms with E-state index in [9.17, 15) is 10.1 Å². The van der Waals surface area contributed by atoms with E-state index in [4.69, 9.17) is 14.2 Å². The molecule has 1 aliphatic carbocycles. The molecule has 144 valence electrons. The first-order chi connectivity index (χ1) is 13.6. The highest BCUT2D eigenvalue weighted by atomic mass is 16.5. The number of carbonyl (C=O) groups is 1. The molecule has 0 N–H and O–H groups in total. The van der Waals surface area contributed by atoms with Crippen molar-refractivity contribution in [3.05, 3.63) is 53.2 Å². The molecule has 2 aromatic rings. The number of esters is 1. The summed E-state index contributed by atoms with van der Waals surface area (Å²) in [6.07, 6.45) is 6.14. The predicted octanol–water partition coefficient (Wildman–Crippen LogP) is 4.26.